The van der Waals surface area contributed by atoms with Crippen LogP contribution in [0.1, 0.15) is 278 Å². The van der Waals surface area contributed by atoms with Crippen LogP contribution in [0.25, 0.3) is 0 Å². The highest BCUT2D eigenvalue weighted by molar-refractivity contribution is 5.74. The molecule has 1 heterocycles. The fraction of sp³-hybridized carbons (Fsp3) is 0.739. The standard InChI is InChI=1S/C69H116O12/c1-4-7-10-13-16-19-22-25-28-30-31-33-35-37-40-43-46-49-52-55-61(70)77-58-60(79-62(71)56-53-50-47-44-41-39-36-32-29-26-23-20-17-14-11-8-5-2)59-78-69-67(65(74)64(73)66(81-69)68(75)76)80-63(72)57-54-51-48-45-42-38-34-27-24-21-18-15-12-9-6-3/h9,12,16,18-19,21,25,27-28,34,42,45,51,54,60,64-67,69,73-74H,4-8,10-11,13-15,17,20,22-24,26,29-33,35-41,43-44,46-50,52-53,55-59H2,1-3H3,(H,75,76)/b12-9-,19-16-,21-18-,28-25-,34-27-,45-42-,54-51-. The van der Waals surface area contributed by atoms with Gasteiger partial charge in [-0.2, -0.15) is 0 Å². The van der Waals surface area contributed by atoms with Crippen molar-refractivity contribution in [3.8, 4) is 0 Å². The van der Waals surface area contributed by atoms with Gasteiger partial charge in [-0.15, -0.1) is 0 Å². The SMILES string of the molecule is CC/C=C\C/C=C\C/C=C\C/C=C\C/C=C\CC(=O)OC1C(OCC(COC(=O)CCCCCCCCCCC/C=C\C/C=C\CCCCC)OC(=O)CCCCCCCCCCCCCCCCCCC)OC(C(=O)O)C(O)C1O. The van der Waals surface area contributed by atoms with Crippen molar-refractivity contribution in [2.75, 3.05) is 13.2 Å². The zero-order valence-corrected chi connectivity index (χ0v) is 51.3. The fourth-order valence-electron chi connectivity index (χ4n) is 9.53. The summed E-state index contributed by atoms with van der Waals surface area (Å²) in [7, 11) is 0. The molecule has 1 aliphatic heterocycles. The summed E-state index contributed by atoms with van der Waals surface area (Å²) in [5.74, 6) is -3.27. The molecule has 3 N–H and O–H groups in total. The lowest BCUT2D eigenvalue weighted by Gasteiger charge is -2.40. The highest BCUT2D eigenvalue weighted by Crippen LogP contribution is 2.26. The lowest BCUT2D eigenvalue weighted by Crippen LogP contribution is -2.61. The van der Waals surface area contributed by atoms with E-state index in [1.165, 1.54) is 141 Å². The number of ether oxygens (including phenoxy) is 5. The second-order valence-electron chi connectivity index (χ2n) is 22.0. The van der Waals surface area contributed by atoms with Gasteiger partial charge in [0.25, 0.3) is 0 Å². The second kappa shape index (κ2) is 56.4. The molecule has 81 heavy (non-hydrogen) atoms. The Kier molecular flexibility index (Phi) is 52.1. The molecule has 0 spiro atoms. The molecule has 0 bridgehead atoms. The monoisotopic (exact) mass is 1140 g/mol. The molecular formula is C69H116O12. The molecule has 0 aliphatic carbocycles. The zero-order valence-electron chi connectivity index (χ0n) is 51.3. The van der Waals surface area contributed by atoms with Crippen molar-refractivity contribution in [3.63, 3.8) is 0 Å². The van der Waals surface area contributed by atoms with Gasteiger partial charge >= 0.3 is 23.9 Å². The number of unbranched alkanes of at least 4 members (excludes halogenated alkanes) is 28. The number of carbonyl (C=O) groups is 4. The molecule has 0 aromatic rings. The quantitative estimate of drug-likeness (QED) is 0.0228. The largest absolute Gasteiger partial charge is 0.479 e. The van der Waals surface area contributed by atoms with E-state index in [1.807, 2.05) is 12.2 Å². The molecule has 12 heteroatoms. The maximum absolute atomic E-state index is 13.2. The van der Waals surface area contributed by atoms with Crippen LogP contribution in [-0.2, 0) is 42.9 Å². The van der Waals surface area contributed by atoms with Gasteiger partial charge in [0.15, 0.2) is 24.6 Å². The summed E-state index contributed by atoms with van der Waals surface area (Å²) < 4.78 is 28.4. The molecular weight excluding hydrogens is 1020 g/mol. The molecule has 1 aliphatic rings. The average molecular weight is 1140 g/mol. The Hall–Kier alpha value is -4.10. The Morgan fingerprint density at radius 2 is 0.815 bits per heavy atom. The maximum atomic E-state index is 13.2. The lowest BCUT2D eigenvalue weighted by molar-refractivity contribution is -0.301. The van der Waals surface area contributed by atoms with Gasteiger partial charge in [0, 0.05) is 12.8 Å². The molecule has 0 radical (unpaired) electrons. The minimum absolute atomic E-state index is 0.152. The minimum Gasteiger partial charge on any atom is -0.479 e. The van der Waals surface area contributed by atoms with E-state index in [-0.39, 0.29) is 25.9 Å². The van der Waals surface area contributed by atoms with Gasteiger partial charge in [0.2, 0.25) is 0 Å². The van der Waals surface area contributed by atoms with E-state index in [4.69, 9.17) is 23.7 Å². The number of rotatable bonds is 55. The third kappa shape index (κ3) is 46.0. The number of carboxylic acid groups (broad SMARTS) is 1. The summed E-state index contributed by atoms with van der Waals surface area (Å²) in [6.07, 6.45) is 61.4. The third-order valence-electron chi connectivity index (χ3n) is 14.5. The van der Waals surface area contributed by atoms with Crippen molar-refractivity contribution in [1.82, 2.24) is 0 Å². The van der Waals surface area contributed by atoms with Gasteiger partial charge < -0.3 is 39.0 Å². The Bertz CT molecular complexity index is 1730. The van der Waals surface area contributed by atoms with Crippen molar-refractivity contribution in [1.29, 1.82) is 0 Å². The first-order valence-electron chi connectivity index (χ1n) is 32.6. The Balaban J connectivity index is 2.69. The van der Waals surface area contributed by atoms with Gasteiger partial charge in [-0.3, -0.25) is 14.4 Å². The van der Waals surface area contributed by atoms with Crippen LogP contribution in [-0.4, -0.2) is 89.2 Å². The van der Waals surface area contributed by atoms with E-state index >= 15 is 0 Å². The number of allylic oxidation sites excluding steroid dienone is 13. The van der Waals surface area contributed by atoms with Crippen molar-refractivity contribution in [3.05, 3.63) is 85.1 Å². The van der Waals surface area contributed by atoms with Crippen LogP contribution in [0.3, 0.4) is 0 Å². The topological polar surface area (TPSA) is 175 Å². The molecule has 6 atom stereocenters. The van der Waals surface area contributed by atoms with E-state index in [0.29, 0.717) is 19.3 Å². The van der Waals surface area contributed by atoms with Crippen LogP contribution in [0.15, 0.2) is 85.1 Å². The lowest BCUT2D eigenvalue weighted by atomic mass is 9.98. The van der Waals surface area contributed by atoms with E-state index in [1.54, 1.807) is 12.2 Å². The molecule has 1 rings (SSSR count). The number of carboxylic acids is 1. The highest BCUT2D eigenvalue weighted by Gasteiger charge is 2.50. The molecule has 464 valence electrons. The normalized spacial score (nSPS) is 18.3. The van der Waals surface area contributed by atoms with Crippen LogP contribution < -0.4 is 0 Å². The second-order valence-corrected chi connectivity index (χ2v) is 22.0. The third-order valence-corrected chi connectivity index (χ3v) is 14.5. The maximum Gasteiger partial charge on any atom is 0.335 e. The predicted molar refractivity (Wildman–Crippen MR) is 331 cm³/mol. The summed E-state index contributed by atoms with van der Waals surface area (Å²) in [6, 6.07) is 0. The van der Waals surface area contributed by atoms with Crippen LogP contribution >= 0.6 is 0 Å². The van der Waals surface area contributed by atoms with E-state index < -0.39 is 67.3 Å². The van der Waals surface area contributed by atoms with E-state index in [0.717, 1.165) is 77.0 Å². The average Bonchev–Trinajstić information content (AvgIpc) is 3.53. The Morgan fingerprint density at radius 3 is 1.27 bits per heavy atom. The van der Waals surface area contributed by atoms with Crippen LogP contribution in [0, 0.1) is 0 Å². The first kappa shape index (κ1) is 74.9. The molecule has 1 fully saturated rings. The van der Waals surface area contributed by atoms with Gasteiger partial charge in [-0.1, -0.05) is 266 Å². The highest BCUT2D eigenvalue weighted by atomic mass is 16.7. The molecule has 0 saturated carbocycles. The van der Waals surface area contributed by atoms with Crippen molar-refractivity contribution < 1.29 is 58.2 Å². The van der Waals surface area contributed by atoms with Gasteiger partial charge in [-0.25, -0.2) is 4.79 Å². The molecule has 6 unspecified atom stereocenters. The van der Waals surface area contributed by atoms with Gasteiger partial charge in [-0.05, 0) is 77.0 Å². The zero-order chi connectivity index (χ0) is 58.9. The van der Waals surface area contributed by atoms with Crippen molar-refractivity contribution in [2.24, 2.45) is 0 Å². The van der Waals surface area contributed by atoms with Crippen LogP contribution in [0.2, 0.25) is 0 Å². The summed E-state index contributed by atoms with van der Waals surface area (Å²) >= 11 is 0. The van der Waals surface area contributed by atoms with Crippen LogP contribution in [0.5, 0.6) is 0 Å². The number of carbonyl (C=O) groups excluding carboxylic acids is 3. The number of aliphatic hydroxyl groups is 2. The summed E-state index contributed by atoms with van der Waals surface area (Å²) in [4.78, 5) is 51.3. The number of aliphatic hydroxyl groups excluding tert-OH is 2. The van der Waals surface area contributed by atoms with Crippen molar-refractivity contribution in [2.45, 2.75) is 314 Å². The predicted octanol–water partition coefficient (Wildman–Crippen LogP) is 17.5. The number of esters is 3. The van der Waals surface area contributed by atoms with Crippen LogP contribution in [0.4, 0.5) is 0 Å². The van der Waals surface area contributed by atoms with Gasteiger partial charge in [0.1, 0.15) is 18.8 Å². The first-order valence-corrected chi connectivity index (χ1v) is 32.6. The van der Waals surface area contributed by atoms with Crippen molar-refractivity contribution >= 4 is 23.9 Å². The number of hydrogen-bond acceptors (Lipinski definition) is 11. The van der Waals surface area contributed by atoms with Gasteiger partial charge in [0.05, 0.1) is 13.0 Å². The number of hydrogen-bond donors (Lipinski definition) is 3. The number of aliphatic carboxylic acids is 1. The van der Waals surface area contributed by atoms with E-state index in [2.05, 4.69) is 81.5 Å². The fourth-order valence-corrected chi connectivity index (χ4v) is 9.53. The summed E-state index contributed by atoms with van der Waals surface area (Å²) in [5, 5.41) is 31.5. The minimum atomic E-state index is -1.94. The van der Waals surface area contributed by atoms with E-state index in [9.17, 15) is 34.5 Å². The summed E-state index contributed by atoms with van der Waals surface area (Å²) in [5.41, 5.74) is 0. The molecule has 0 aromatic carbocycles. The molecule has 0 amide bonds. The summed E-state index contributed by atoms with van der Waals surface area (Å²) in [6.45, 7) is 5.84. The Labute approximate surface area is 492 Å². The first-order chi connectivity index (χ1) is 39.6. The smallest absolute Gasteiger partial charge is 0.335 e. The molecule has 1 saturated heterocycles. The molecule has 0 aromatic heterocycles. The molecule has 12 nitrogen and oxygen atoms in total. The Morgan fingerprint density at radius 1 is 0.432 bits per heavy atom.